The predicted octanol–water partition coefficient (Wildman–Crippen LogP) is 4.94. The van der Waals surface area contributed by atoms with Gasteiger partial charge in [0.25, 0.3) is 0 Å². The number of benzene rings is 1. The molecule has 44 heavy (non-hydrogen) atoms. The molecule has 1 saturated heterocycles. The molecule has 2 N–H and O–H groups in total. The van der Waals surface area contributed by atoms with Crippen molar-refractivity contribution in [3.8, 4) is 22.8 Å². The van der Waals surface area contributed by atoms with Crippen LogP contribution in [0.25, 0.3) is 11.3 Å². The van der Waals surface area contributed by atoms with Gasteiger partial charge in [0.1, 0.15) is 51.7 Å². The monoisotopic (exact) mass is 638 g/mol. The zero-order valence-electron chi connectivity index (χ0n) is 24.7. The molecule has 0 bridgehead atoms. The molecule has 230 valence electrons. The summed E-state index contributed by atoms with van der Waals surface area (Å²) in [6.45, 7) is 3.79. The molecule has 0 radical (unpaired) electrons. The van der Waals surface area contributed by atoms with Crippen molar-refractivity contribution in [2.75, 3.05) is 65.1 Å². The van der Waals surface area contributed by atoms with Crippen LogP contribution in [0.3, 0.4) is 0 Å². The third-order valence-electron chi connectivity index (χ3n) is 6.98. The van der Waals surface area contributed by atoms with Gasteiger partial charge in [-0.15, -0.1) is 0 Å². The Labute approximate surface area is 265 Å². The Kier molecular flexibility index (Phi) is 9.78. The van der Waals surface area contributed by atoms with Crippen LogP contribution in [0.5, 0.6) is 11.5 Å². The summed E-state index contributed by atoms with van der Waals surface area (Å²) < 4.78 is 10.8. The summed E-state index contributed by atoms with van der Waals surface area (Å²) >= 11 is 13.1. The first-order valence-electron chi connectivity index (χ1n) is 13.7. The number of nitrogens with one attached hydrogen (secondary N) is 2. The molecular weight excluding hydrogens is 607 g/mol. The molecule has 0 aliphatic carbocycles. The number of methoxy groups -OCH3 is 2. The second kappa shape index (κ2) is 13.9. The van der Waals surface area contributed by atoms with Crippen molar-refractivity contribution in [1.29, 1.82) is 0 Å². The van der Waals surface area contributed by atoms with Gasteiger partial charge in [-0.1, -0.05) is 29.3 Å². The highest BCUT2D eigenvalue weighted by molar-refractivity contribution is 6.41. The zero-order chi connectivity index (χ0) is 31.2. The highest BCUT2D eigenvalue weighted by Gasteiger charge is 2.23. The Morgan fingerprint density at radius 1 is 0.886 bits per heavy atom. The van der Waals surface area contributed by atoms with Gasteiger partial charge >= 0.3 is 6.03 Å². The number of piperazine rings is 1. The van der Waals surface area contributed by atoms with Crippen LogP contribution in [0.1, 0.15) is 5.56 Å². The van der Waals surface area contributed by atoms with Gasteiger partial charge in [0, 0.05) is 71.3 Å². The molecule has 4 heterocycles. The molecule has 15 heteroatoms. The number of rotatable bonds is 9. The van der Waals surface area contributed by atoms with Gasteiger partial charge in [-0.3, -0.25) is 4.90 Å². The number of halogens is 2. The van der Waals surface area contributed by atoms with Gasteiger partial charge in [-0.05, 0) is 11.6 Å². The standard InChI is InChI=1S/C29H32Cl2N10O3/c1-39(2)29(42)41-9-7-40(8-10-41)15-18-5-6-23(33-13-18)37-24-11-20(34-17-35-24)19-14-32-16-36-28(19)38-27-25(30)21(43-3)12-22(44-4)26(27)31/h5-6,11-14,16-17H,7-10,15H2,1-4H3,(H,32,36,38)(H,33,34,35,37). The van der Waals surface area contributed by atoms with E-state index in [1.165, 1.54) is 26.9 Å². The summed E-state index contributed by atoms with van der Waals surface area (Å²) in [5, 5.41) is 6.95. The number of nitrogens with zero attached hydrogens (tertiary/aromatic N) is 8. The average Bonchev–Trinajstić information content (AvgIpc) is 3.04. The van der Waals surface area contributed by atoms with E-state index in [-0.39, 0.29) is 16.1 Å². The number of anilines is 4. The van der Waals surface area contributed by atoms with Gasteiger partial charge in [-0.25, -0.2) is 29.7 Å². The molecule has 13 nitrogen and oxygen atoms in total. The molecule has 0 spiro atoms. The van der Waals surface area contributed by atoms with Crippen molar-refractivity contribution in [3.05, 3.63) is 64.9 Å². The summed E-state index contributed by atoms with van der Waals surface area (Å²) in [6.07, 6.45) is 6.31. The van der Waals surface area contributed by atoms with Gasteiger partial charge < -0.3 is 29.9 Å². The summed E-state index contributed by atoms with van der Waals surface area (Å²) in [4.78, 5) is 39.9. The summed E-state index contributed by atoms with van der Waals surface area (Å²) in [6, 6.07) is 7.35. The molecule has 5 rings (SSSR count). The number of pyridine rings is 1. The summed E-state index contributed by atoms with van der Waals surface area (Å²) in [7, 11) is 6.56. The first kappa shape index (κ1) is 31.0. The third kappa shape index (κ3) is 7.01. The molecule has 4 aromatic rings. The maximum atomic E-state index is 12.2. The van der Waals surface area contributed by atoms with E-state index < -0.39 is 0 Å². The maximum absolute atomic E-state index is 12.2. The fourth-order valence-electron chi connectivity index (χ4n) is 4.66. The molecule has 2 amide bonds. The van der Waals surface area contributed by atoms with Crippen LogP contribution >= 0.6 is 23.2 Å². The van der Waals surface area contributed by atoms with Gasteiger partial charge in [-0.2, -0.15) is 0 Å². The lowest BCUT2D eigenvalue weighted by Crippen LogP contribution is -2.51. The molecule has 1 fully saturated rings. The van der Waals surface area contributed by atoms with Crippen molar-refractivity contribution >= 4 is 52.4 Å². The SMILES string of the molecule is COc1cc(OC)c(Cl)c(Nc2ncncc2-c2cc(Nc3ccc(CN4CCN(C(=O)N(C)C)CC4)cn3)ncn2)c1Cl. The Hall–Kier alpha value is -4.46. The number of carbonyl (C=O) groups is 1. The molecule has 1 aliphatic rings. The van der Waals surface area contributed by atoms with Gasteiger partial charge in [0.2, 0.25) is 0 Å². The predicted molar refractivity (Wildman–Crippen MR) is 169 cm³/mol. The molecule has 0 atom stereocenters. The Morgan fingerprint density at radius 3 is 2.25 bits per heavy atom. The van der Waals surface area contributed by atoms with E-state index in [0.29, 0.717) is 59.0 Å². The topological polar surface area (TPSA) is 134 Å². The fourth-order valence-corrected chi connectivity index (χ4v) is 5.26. The van der Waals surface area contributed by atoms with Crippen molar-refractivity contribution < 1.29 is 14.3 Å². The minimum absolute atomic E-state index is 0.0493. The molecular formula is C29H32Cl2N10O3. The summed E-state index contributed by atoms with van der Waals surface area (Å²) in [5.74, 6) is 2.35. The van der Waals surface area contributed by atoms with E-state index in [1.807, 2.05) is 23.2 Å². The van der Waals surface area contributed by atoms with Crippen LogP contribution in [0.2, 0.25) is 10.0 Å². The molecule has 0 saturated carbocycles. The van der Waals surface area contributed by atoms with Gasteiger partial charge in [0.05, 0.1) is 31.2 Å². The first-order valence-corrected chi connectivity index (χ1v) is 14.4. The smallest absolute Gasteiger partial charge is 0.319 e. The summed E-state index contributed by atoms with van der Waals surface area (Å²) in [5.41, 5.74) is 2.58. The van der Waals surface area contributed by atoms with E-state index in [9.17, 15) is 4.79 Å². The number of hydrogen-bond donors (Lipinski definition) is 2. The number of hydrogen-bond acceptors (Lipinski definition) is 11. The molecule has 1 aromatic carbocycles. The van der Waals surface area contributed by atoms with Crippen molar-refractivity contribution in [3.63, 3.8) is 0 Å². The van der Waals surface area contributed by atoms with Crippen molar-refractivity contribution in [1.82, 2.24) is 39.6 Å². The van der Waals surface area contributed by atoms with Crippen LogP contribution in [0, 0.1) is 0 Å². The third-order valence-corrected chi connectivity index (χ3v) is 7.74. The number of aromatic nitrogens is 5. The van der Waals surface area contributed by atoms with Crippen LogP contribution in [-0.4, -0.2) is 100 Å². The lowest BCUT2D eigenvalue weighted by Gasteiger charge is -2.35. The Bertz CT molecular complexity index is 1590. The van der Waals surface area contributed by atoms with Crippen LogP contribution in [0.15, 0.2) is 49.3 Å². The molecule has 3 aromatic heterocycles. The average molecular weight is 640 g/mol. The fraction of sp³-hybridized carbons (Fsp3) is 0.310. The minimum Gasteiger partial charge on any atom is -0.495 e. The highest BCUT2D eigenvalue weighted by Crippen LogP contribution is 2.45. The Morgan fingerprint density at radius 2 is 1.61 bits per heavy atom. The minimum atomic E-state index is 0.0493. The number of carbonyl (C=O) groups excluding carboxylic acids is 1. The first-order chi connectivity index (χ1) is 21.3. The molecule has 0 unspecified atom stereocenters. The van der Waals surface area contributed by atoms with Crippen LogP contribution in [-0.2, 0) is 6.54 Å². The van der Waals surface area contributed by atoms with E-state index in [1.54, 1.807) is 37.3 Å². The van der Waals surface area contributed by atoms with E-state index in [0.717, 1.165) is 25.2 Å². The number of amides is 2. The van der Waals surface area contributed by atoms with Gasteiger partial charge in [0.15, 0.2) is 0 Å². The second-order valence-electron chi connectivity index (χ2n) is 10.1. The lowest BCUT2D eigenvalue weighted by molar-refractivity contribution is 0.120. The van der Waals surface area contributed by atoms with E-state index in [4.69, 9.17) is 32.7 Å². The molecule has 1 aliphatic heterocycles. The number of urea groups is 1. The number of ether oxygens (including phenoxy) is 2. The Balaban J connectivity index is 1.28. The van der Waals surface area contributed by atoms with E-state index in [2.05, 4.69) is 40.5 Å². The zero-order valence-corrected chi connectivity index (χ0v) is 26.2. The largest absolute Gasteiger partial charge is 0.495 e. The normalized spacial score (nSPS) is 13.4. The quantitative estimate of drug-likeness (QED) is 0.258. The van der Waals surface area contributed by atoms with Crippen LogP contribution in [0.4, 0.5) is 27.9 Å². The van der Waals surface area contributed by atoms with Crippen LogP contribution < -0.4 is 20.1 Å². The van der Waals surface area contributed by atoms with Crippen molar-refractivity contribution in [2.24, 2.45) is 0 Å². The second-order valence-corrected chi connectivity index (χ2v) is 10.9. The highest BCUT2D eigenvalue weighted by atomic mass is 35.5. The van der Waals surface area contributed by atoms with Crippen molar-refractivity contribution in [2.45, 2.75) is 6.54 Å². The van der Waals surface area contributed by atoms with E-state index >= 15 is 0 Å². The lowest BCUT2D eigenvalue weighted by atomic mass is 10.2. The maximum Gasteiger partial charge on any atom is 0.319 e.